The van der Waals surface area contributed by atoms with Crippen LogP contribution in [0.15, 0.2) is 42.5 Å². The van der Waals surface area contributed by atoms with Crippen molar-refractivity contribution >= 4 is 46.7 Å². The van der Waals surface area contributed by atoms with Crippen LogP contribution in [0.5, 0.6) is 0 Å². The van der Waals surface area contributed by atoms with E-state index in [1.165, 1.54) is 0 Å². The van der Waals surface area contributed by atoms with E-state index in [-0.39, 0.29) is 6.54 Å². The quantitative estimate of drug-likeness (QED) is 0.439. The molecule has 2 aromatic rings. The number of carbonyl (C=O) groups excluding carboxylic acids is 3. The molecule has 2 aliphatic rings. The van der Waals surface area contributed by atoms with E-state index in [2.05, 4.69) is 22.5 Å². The van der Waals surface area contributed by atoms with Gasteiger partial charge in [0.25, 0.3) is 11.8 Å². The minimum Gasteiger partial charge on any atom is -0.323 e. The normalized spacial score (nSPS) is 20.2. The van der Waals surface area contributed by atoms with Crippen molar-refractivity contribution < 1.29 is 14.4 Å². The van der Waals surface area contributed by atoms with Crippen LogP contribution in [-0.2, 0) is 15.1 Å². The van der Waals surface area contributed by atoms with Gasteiger partial charge in [-0.2, -0.15) is 0 Å². The van der Waals surface area contributed by atoms with Gasteiger partial charge in [-0.25, -0.2) is 9.69 Å². The van der Waals surface area contributed by atoms with Crippen molar-refractivity contribution in [2.45, 2.75) is 5.54 Å². The zero-order valence-electron chi connectivity index (χ0n) is 13.7. The molecule has 134 valence electrons. The van der Waals surface area contributed by atoms with Gasteiger partial charge in [0, 0.05) is 16.8 Å². The van der Waals surface area contributed by atoms with Crippen molar-refractivity contribution in [3.63, 3.8) is 0 Å². The predicted molar refractivity (Wildman–Crippen MR) is 100 cm³/mol. The highest BCUT2D eigenvalue weighted by molar-refractivity contribution is 6.42. The molecule has 27 heavy (non-hydrogen) atoms. The van der Waals surface area contributed by atoms with E-state index < -0.39 is 23.4 Å². The van der Waals surface area contributed by atoms with Crippen LogP contribution < -0.4 is 10.6 Å². The van der Waals surface area contributed by atoms with Crippen molar-refractivity contribution in [2.24, 2.45) is 0 Å². The Balaban J connectivity index is 1.61. The summed E-state index contributed by atoms with van der Waals surface area (Å²) in [5.41, 5.74) is -0.220. The molecule has 1 spiro atoms. The first-order chi connectivity index (χ1) is 12.9. The van der Waals surface area contributed by atoms with E-state index in [0.717, 1.165) is 4.90 Å². The topological polar surface area (TPSA) is 78.5 Å². The smallest absolute Gasteiger partial charge is 0.323 e. The maximum Gasteiger partial charge on any atom is 0.326 e. The van der Waals surface area contributed by atoms with Gasteiger partial charge < -0.3 is 10.6 Å². The lowest BCUT2D eigenvalue weighted by molar-refractivity contribution is -0.137. The van der Waals surface area contributed by atoms with Crippen LogP contribution in [-0.4, -0.2) is 29.3 Å². The fraction of sp³-hybridized carbons (Fsp3) is 0.105. The third-order valence-electron chi connectivity index (χ3n) is 4.41. The second-order valence-corrected chi connectivity index (χ2v) is 6.82. The Morgan fingerprint density at radius 1 is 1.04 bits per heavy atom. The number of benzene rings is 2. The number of nitrogens with zero attached hydrogens (tertiary/aromatic N) is 1. The van der Waals surface area contributed by atoms with Gasteiger partial charge in [0.05, 0.1) is 16.6 Å². The molecule has 2 heterocycles. The Kier molecular flexibility index (Phi) is 4.06. The van der Waals surface area contributed by atoms with Crippen LogP contribution in [0.1, 0.15) is 11.1 Å². The van der Waals surface area contributed by atoms with E-state index in [9.17, 15) is 14.4 Å². The highest BCUT2D eigenvalue weighted by atomic mass is 35.5. The summed E-state index contributed by atoms with van der Waals surface area (Å²) in [7, 11) is 0. The Morgan fingerprint density at radius 3 is 2.59 bits per heavy atom. The van der Waals surface area contributed by atoms with Gasteiger partial charge in [0.15, 0.2) is 0 Å². The fourth-order valence-electron chi connectivity index (χ4n) is 3.11. The Bertz CT molecular complexity index is 1070. The van der Waals surface area contributed by atoms with Crippen molar-refractivity contribution in [3.8, 4) is 11.8 Å². The molecule has 1 atom stereocenters. The first kappa shape index (κ1) is 17.4. The molecule has 0 aliphatic carbocycles. The van der Waals surface area contributed by atoms with Crippen molar-refractivity contribution in [2.75, 3.05) is 11.9 Å². The maximum absolute atomic E-state index is 12.9. The minimum absolute atomic E-state index is 0.165. The number of carbonyl (C=O) groups is 3. The number of urea groups is 1. The highest BCUT2D eigenvalue weighted by Crippen LogP contribution is 2.39. The van der Waals surface area contributed by atoms with Gasteiger partial charge in [-0.1, -0.05) is 53.2 Å². The van der Waals surface area contributed by atoms with Gasteiger partial charge >= 0.3 is 6.03 Å². The number of halogens is 2. The monoisotopic (exact) mass is 399 g/mol. The Morgan fingerprint density at radius 2 is 1.81 bits per heavy atom. The number of para-hydroxylation sites is 1. The summed E-state index contributed by atoms with van der Waals surface area (Å²) < 4.78 is 0. The summed E-state index contributed by atoms with van der Waals surface area (Å²) in [5, 5.41) is 5.91. The molecule has 6 nitrogen and oxygen atoms in total. The average molecular weight is 400 g/mol. The number of nitrogens with one attached hydrogen (secondary N) is 2. The number of imide groups is 1. The second kappa shape index (κ2) is 6.31. The summed E-state index contributed by atoms with van der Waals surface area (Å²) in [6, 6.07) is 10.9. The molecular formula is C19H11Cl2N3O3. The molecule has 0 aromatic heterocycles. The van der Waals surface area contributed by atoms with E-state index in [0.29, 0.717) is 26.9 Å². The first-order valence-corrected chi connectivity index (χ1v) is 8.68. The number of fused-ring (bicyclic) bond motifs is 2. The lowest BCUT2D eigenvalue weighted by Gasteiger charge is -2.18. The van der Waals surface area contributed by atoms with Gasteiger partial charge in [0.2, 0.25) is 5.54 Å². The van der Waals surface area contributed by atoms with Gasteiger partial charge in [-0.05, 0) is 24.3 Å². The Hall–Kier alpha value is -3.01. The third-order valence-corrected chi connectivity index (χ3v) is 5.15. The molecule has 4 amide bonds. The average Bonchev–Trinajstić information content (AvgIpc) is 3.07. The van der Waals surface area contributed by atoms with E-state index in [1.54, 1.807) is 42.5 Å². The highest BCUT2D eigenvalue weighted by Gasteiger charge is 2.61. The Labute approximate surface area is 164 Å². The zero-order valence-corrected chi connectivity index (χ0v) is 15.2. The van der Waals surface area contributed by atoms with Gasteiger partial charge in [-0.3, -0.25) is 9.59 Å². The number of anilines is 1. The molecule has 2 aliphatic heterocycles. The summed E-state index contributed by atoms with van der Waals surface area (Å²) in [5.74, 6) is 4.34. The van der Waals surface area contributed by atoms with E-state index in [1.807, 2.05) is 0 Å². The lowest BCUT2D eigenvalue weighted by atomic mass is 9.91. The molecule has 2 N–H and O–H groups in total. The number of hydrogen-bond donors (Lipinski definition) is 2. The minimum atomic E-state index is -1.74. The summed E-state index contributed by atoms with van der Waals surface area (Å²) in [4.78, 5) is 38.7. The number of amides is 4. The van der Waals surface area contributed by atoms with Crippen LogP contribution in [0.4, 0.5) is 10.5 Å². The van der Waals surface area contributed by atoms with Crippen LogP contribution >= 0.6 is 23.2 Å². The molecule has 1 fully saturated rings. The van der Waals surface area contributed by atoms with Gasteiger partial charge in [0.1, 0.15) is 0 Å². The van der Waals surface area contributed by atoms with Crippen molar-refractivity contribution in [3.05, 3.63) is 63.6 Å². The third kappa shape index (κ3) is 2.64. The molecule has 1 saturated heterocycles. The number of hydrogen-bond acceptors (Lipinski definition) is 3. The van der Waals surface area contributed by atoms with Crippen LogP contribution in [0.2, 0.25) is 10.0 Å². The predicted octanol–water partition coefficient (Wildman–Crippen LogP) is 2.74. The molecule has 8 heteroatoms. The molecule has 0 unspecified atom stereocenters. The molecule has 2 aromatic carbocycles. The fourth-order valence-corrected chi connectivity index (χ4v) is 3.41. The van der Waals surface area contributed by atoms with Crippen LogP contribution in [0.3, 0.4) is 0 Å². The number of rotatable bonds is 1. The van der Waals surface area contributed by atoms with Crippen LogP contribution in [0, 0.1) is 11.8 Å². The summed E-state index contributed by atoms with van der Waals surface area (Å²) in [6.07, 6.45) is 0. The zero-order chi connectivity index (χ0) is 19.2. The van der Waals surface area contributed by atoms with Crippen molar-refractivity contribution in [1.29, 1.82) is 0 Å². The van der Waals surface area contributed by atoms with Gasteiger partial charge in [-0.15, -0.1) is 0 Å². The largest absolute Gasteiger partial charge is 0.326 e. The summed E-state index contributed by atoms with van der Waals surface area (Å²) in [6.45, 7) is -0.165. The molecule has 0 radical (unpaired) electrons. The molecule has 0 bridgehead atoms. The molecular weight excluding hydrogens is 389 g/mol. The maximum atomic E-state index is 12.9. The lowest BCUT2D eigenvalue weighted by Crippen LogP contribution is -2.49. The SMILES string of the molecule is O=C1N[C@]2(C(=O)Nc3ccccc32)C(=O)N1CC#Cc1ccc(Cl)c(Cl)c1. The molecule has 0 saturated carbocycles. The summed E-state index contributed by atoms with van der Waals surface area (Å²) >= 11 is 11.8. The van der Waals surface area contributed by atoms with E-state index >= 15 is 0 Å². The molecule has 4 rings (SSSR count). The standard InChI is InChI=1S/C19H11Cl2N3O3/c20-13-8-7-11(10-14(13)21)4-3-9-24-17(26)19(23-18(24)27)12-5-1-2-6-15(12)22-16(19)25/h1-2,5-8,10H,9H2,(H,22,25)(H,23,27)/t19-/m1/s1. The first-order valence-electron chi connectivity index (χ1n) is 7.92. The van der Waals surface area contributed by atoms with Crippen molar-refractivity contribution in [1.82, 2.24) is 10.2 Å². The van der Waals surface area contributed by atoms with Crippen LogP contribution in [0.25, 0.3) is 0 Å². The van der Waals surface area contributed by atoms with E-state index in [4.69, 9.17) is 23.2 Å². The second-order valence-electron chi connectivity index (χ2n) is 6.00.